The summed E-state index contributed by atoms with van der Waals surface area (Å²) in [7, 11) is -3.56. The summed E-state index contributed by atoms with van der Waals surface area (Å²) in [5.74, 6) is -0.585. The predicted octanol–water partition coefficient (Wildman–Crippen LogP) is 2.37. The number of nitro groups is 1. The van der Waals surface area contributed by atoms with Crippen LogP contribution in [-0.2, 0) is 30.9 Å². The van der Waals surface area contributed by atoms with E-state index in [4.69, 9.17) is 9.47 Å². The number of benzene rings is 2. The van der Waals surface area contributed by atoms with Crippen molar-refractivity contribution in [2.24, 2.45) is 0 Å². The Morgan fingerprint density at radius 3 is 2.33 bits per heavy atom. The van der Waals surface area contributed by atoms with Gasteiger partial charge in [0, 0.05) is 31.3 Å². The molecule has 2 aromatic rings. The van der Waals surface area contributed by atoms with Crippen LogP contribution in [0.25, 0.3) is 6.08 Å². The fraction of sp³-hybridized carbons (Fsp3) is 0.250. The van der Waals surface area contributed by atoms with E-state index in [1.54, 1.807) is 12.1 Å². The standard InChI is InChI=1S/C20H20N2O7S/c23-20(29-15-17-1-6-18(7-2-17)22(24)25)10-5-16-3-8-19(9-4-16)30(26,27)21-11-13-28-14-12-21/h1-10H,11-15H2/b10-5+. The van der Waals surface area contributed by atoms with Gasteiger partial charge in [-0.2, -0.15) is 4.31 Å². The van der Waals surface area contributed by atoms with Crippen LogP contribution in [0, 0.1) is 10.1 Å². The highest BCUT2D eigenvalue weighted by molar-refractivity contribution is 7.89. The van der Waals surface area contributed by atoms with Crippen LogP contribution in [0.3, 0.4) is 0 Å². The molecule has 0 radical (unpaired) electrons. The zero-order valence-electron chi connectivity index (χ0n) is 16.0. The maximum atomic E-state index is 12.6. The van der Waals surface area contributed by atoms with Crippen LogP contribution in [0.5, 0.6) is 0 Å². The van der Waals surface area contributed by atoms with E-state index in [-0.39, 0.29) is 17.2 Å². The number of non-ortho nitro benzene ring substituents is 1. The van der Waals surface area contributed by atoms with Gasteiger partial charge in [-0.25, -0.2) is 13.2 Å². The number of nitrogens with zero attached hydrogens (tertiary/aromatic N) is 2. The van der Waals surface area contributed by atoms with Crippen molar-refractivity contribution in [3.63, 3.8) is 0 Å². The van der Waals surface area contributed by atoms with Crippen molar-refractivity contribution in [1.29, 1.82) is 0 Å². The second-order valence-electron chi connectivity index (χ2n) is 6.45. The van der Waals surface area contributed by atoms with Crippen LogP contribution in [-0.4, -0.2) is 49.9 Å². The van der Waals surface area contributed by atoms with E-state index in [1.807, 2.05) is 0 Å². The van der Waals surface area contributed by atoms with Gasteiger partial charge < -0.3 is 9.47 Å². The summed E-state index contributed by atoms with van der Waals surface area (Å²) in [5.41, 5.74) is 1.23. The van der Waals surface area contributed by atoms with Gasteiger partial charge in [0.25, 0.3) is 5.69 Å². The molecule has 3 rings (SSSR count). The highest BCUT2D eigenvalue weighted by Crippen LogP contribution is 2.18. The summed E-state index contributed by atoms with van der Waals surface area (Å²) < 4.78 is 36.8. The Labute approximate surface area is 173 Å². The number of hydrogen-bond acceptors (Lipinski definition) is 7. The van der Waals surface area contributed by atoms with Gasteiger partial charge in [0.15, 0.2) is 0 Å². The lowest BCUT2D eigenvalue weighted by atomic mass is 10.2. The minimum Gasteiger partial charge on any atom is -0.458 e. The van der Waals surface area contributed by atoms with E-state index in [9.17, 15) is 23.3 Å². The molecule has 10 heteroatoms. The molecule has 1 saturated heterocycles. The monoisotopic (exact) mass is 432 g/mol. The number of nitro benzene ring substituents is 1. The smallest absolute Gasteiger partial charge is 0.331 e. The summed E-state index contributed by atoms with van der Waals surface area (Å²) in [6.07, 6.45) is 2.75. The van der Waals surface area contributed by atoms with E-state index in [1.165, 1.54) is 52.9 Å². The number of ether oxygens (including phenoxy) is 2. The third-order valence-corrected chi connectivity index (χ3v) is 6.34. The number of esters is 1. The van der Waals surface area contributed by atoms with Crippen LogP contribution in [0.4, 0.5) is 5.69 Å². The summed E-state index contributed by atoms with van der Waals surface area (Å²) in [4.78, 5) is 22.2. The van der Waals surface area contributed by atoms with Crippen LogP contribution in [0.1, 0.15) is 11.1 Å². The molecule has 0 bridgehead atoms. The van der Waals surface area contributed by atoms with Crippen molar-refractivity contribution >= 4 is 27.8 Å². The fourth-order valence-corrected chi connectivity index (χ4v) is 4.18. The number of rotatable bonds is 7. The molecule has 9 nitrogen and oxygen atoms in total. The molecule has 30 heavy (non-hydrogen) atoms. The first-order chi connectivity index (χ1) is 14.4. The average molecular weight is 432 g/mol. The van der Waals surface area contributed by atoms with Gasteiger partial charge in [0.2, 0.25) is 10.0 Å². The highest BCUT2D eigenvalue weighted by atomic mass is 32.2. The largest absolute Gasteiger partial charge is 0.458 e. The van der Waals surface area contributed by atoms with Crippen LogP contribution in [0.2, 0.25) is 0 Å². The Morgan fingerprint density at radius 1 is 1.10 bits per heavy atom. The van der Waals surface area contributed by atoms with Crippen molar-refractivity contribution in [1.82, 2.24) is 4.31 Å². The van der Waals surface area contributed by atoms with Gasteiger partial charge in [-0.05, 0) is 41.5 Å². The van der Waals surface area contributed by atoms with Crippen LogP contribution < -0.4 is 0 Å². The first-order valence-corrected chi connectivity index (χ1v) is 10.6. The second-order valence-corrected chi connectivity index (χ2v) is 8.39. The molecule has 1 aliphatic rings. The van der Waals surface area contributed by atoms with Gasteiger partial charge in [-0.1, -0.05) is 12.1 Å². The molecule has 0 aliphatic carbocycles. The molecule has 0 amide bonds. The Balaban J connectivity index is 1.55. The lowest BCUT2D eigenvalue weighted by molar-refractivity contribution is -0.384. The molecule has 0 aromatic heterocycles. The third kappa shape index (κ3) is 5.50. The highest BCUT2D eigenvalue weighted by Gasteiger charge is 2.25. The molecular weight excluding hydrogens is 412 g/mol. The lowest BCUT2D eigenvalue weighted by Crippen LogP contribution is -2.40. The molecule has 1 aliphatic heterocycles. The van der Waals surface area contributed by atoms with Gasteiger partial charge in [-0.3, -0.25) is 10.1 Å². The minimum atomic E-state index is -3.56. The van der Waals surface area contributed by atoms with Crippen molar-refractivity contribution in [2.75, 3.05) is 26.3 Å². The molecule has 1 heterocycles. The van der Waals surface area contributed by atoms with E-state index < -0.39 is 20.9 Å². The van der Waals surface area contributed by atoms with E-state index in [2.05, 4.69) is 0 Å². The SMILES string of the molecule is O=C(/C=C/c1ccc(S(=O)(=O)N2CCOCC2)cc1)OCc1ccc([N+](=O)[O-])cc1. The summed E-state index contributed by atoms with van der Waals surface area (Å²) in [6.45, 7) is 1.39. The second kappa shape index (κ2) is 9.61. The van der Waals surface area contributed by atoms with Crippen molar-refractivity contribution < 1.29 is 27.6 Å². The lowest BCUT2D eigenvalue weighted by Gasteiger charge is -2.26. The number of hydrogen-bond donors (Lipinski definition) is 0. The van der Waals surface area contributed by atoms with Gasteiger partial charge in [0.05, 0.1) is 23.0 Å². The molecule has 0 spiro atoms. The molecule has 0 unspecified atom stereocenters. The van der Waals surface area contributed by atoms with Crippen molar-refractivity contribution in [3.8, 4) is 0 Å². The summed E-state index contributed by atoms with van der Waals surface area (Å²) >= 11 is 0. The minimum absolute atomic E-state index is 0.0160. The Morgan fingerprint density at radius 2 is 1.73 bits per heavy atom. The Hall–Kier alpha value is -3.08. The summed E-state index contributed by atoms with van der Waals surface area (Å²) in [6, 6.07) is 11.9. The molecule has 0 atom stereocenters. The maximum Gasteiger partial charge on any atom is 0.331 e. The number of carbonyl (C=O) groups excluding carboxylic acids is 1. The molecular formula is C20H20N2O7S. The Kier molecular flexibility index (Phi) is 6.93. The molecule has 158 valence electrons. The Bertz CT molecular complexity index is 1030. The first kappa shape index (κ1) is 21.6. The molecule has 0 N–H and O–H groups in total. The molecule has 1 fully saturated rings. The molecule has 0 saturated carbocycles. The zero-order chi connectivity index (χ0) is 21.6. The van der Waals surface area contributed by atoms with Crippen LogP contribution >= 0.6 is 0 Å². The molecule has 2 aromatic carbocycles. The third-order valence-electron chi connectivity index (χ3n) is 4.43. The average Bonchev–Trinajstić information content (AvgIpc) is 2.77. The topological polar surface area (TPSA) is 116 Å². The van der Waals surface area contributed by atoms with Crippen LogP contribution in [0.15, 0.2) is 59.5 Å². The quantitative estimate of drug-likeness (QED) is 0.285. The summed E-state index contributed by atoms with van der Waals surface area (Å²) in [5, 5.41) is 10.6. The van der Waals surface area contributed by atoms with Gasteiger partial charge in [-0.15, -0.1) is 0 Å². The van der Waals surface area contributed by atoms with E-state index >= 15 is 0 Å². The van der Waals surface area contributed by atoms with Crippen molar-refractivity contribution in [3.05, 3.63) is 75.8 Å². The maximum absolute atomic E-state index is 12.6. The van der Waals surface area contributed by atoms with E-state index in [0.29, 0.717) is 37.4 Å². The van der Waals surface area contributed by atoms with Crippen molar-refractivity contribution in [2.45, 2.75) is 11.5 Å². The predicted molar refractivity (Wildman–Crippen MR) is 108 cm³/mol. The van der Waals surface area contributed by atoms with Gasteiger partial charge >= 0.3 is 5.97 Å². The van der Waals surface area contributed by atoms with Gasteiger partial charge in [0.1, 0.15) is 6.61 Å². The number of carbonyl (C=O) groups is 1. The van der Waals surface area contributed by atoms with E-state index in [0.717, 1.165) is 0 Å². The first-order valence-electron chi connectivity index (χ1n) is 9.12. The normalized spacial score (nSPS) is 15.2. The number of morpholine rings is 1. The fourth-order valence-electron chi connectivity index (χ4n) is 2.77. The zero-order valence-corrected chi connectivity index (χ0v) is 16.8. The number of sulfonamides is 1.